The lowest BCUT2D eigenvalue weighted by molar-refractivity contribution is 0.0669. The van der Waals surface area contributed by atoms with Gasteiger partial charge in [-0.1, -0.05) is 45.2 Å². The van der Waals surface area contributed by atoms with E-state index >= 15 is 0 Å². The summed E-state index contributed by atoms with van der Waals surface area (Å²) in [5, 5.41) is 24.3. The molecule has 7 heteroatoms. The summed E-state index contributed by atoms with van der Waals surface area (Å²) in [4.78, 5) is 12.1. The molecule has 1 unspecified atom stereocenters. The number of nitrogens with zero attached hydrogens (tertiary/aromatic N) is 2. The van der Waals surface area contributed by atoms with Crippen LogP contribution in [0.15, 0.2) is 18.2 Å². The van der Waals surface area contributed by atoms with Crippen molar-refractivity contribution < 1.29 is 19.4 Å². The SMILES string of the molecule is CC(CCCC(C)(C)O)Cc1nn(-c2ccc(F)c(Cl)c2)c(C(C)C)c1C(=O)O. The topological polar surface area (TPSA) is 75.4 Å². The van der Waals surface area contributed by atoms with Crippen LogP contribution in [0.2, 0.25) is 5.02 Å². The van der Waals surface area contributed by atoms with Crippen molar-refractivity contribution in [3.8, 4) is 5.69 Å². The highest BCUT2D eigenvalue weighted by molar-refractivity contribution is 6.30. The predicted octanol–water partition coefficient (Wildman–Crippen LogP) is 5.61. The molecule has 0 aliphatic heterocycles. The van der Waals surface area contributed by atoms with Crippen LogP contribution >= 0.6 is 11.6 Å². The molecule has 2 rings (SSSR count). The van der Waals surface area contributed by atoms with E-state index in [1.54, 1.807) is 24.6 Å². The molecule has 2 N–H and O–H groups in total. The van der Waals surface area contributed by atoms with E-state index in [0.717, 1.165) is 12.8 Å². The average molecular weight is 425 g/mol. The van der Waals surface area contributed by atoms with E-state index in [1.807, 2.05) is 13.8 Å². The Labute approximate surface area is 176 Å². The highest BCUT2D eigenvalue weighted by atomic mass is 35.5. The number of aromatic nitrogens is 2. The summed E-state index contributed by atoms with van der Waals surface area (Å²) in [5.41, 5.74) is 1.11. The van der Waals surface area contributed by atoms with Gasteiger partial charge in [0.2, 0.25) is 0 Å². The van der Waals surface area contributed by atoms with Crippen molar-refractivity contribution >= 4 is 17.6 Å². The second-order valence-electron chi connectivity index (χ2n) is 8.69. The molecule has 0 amide bonds. The summed E-state index contributed by atoms with van der Waals surface area (Å²) in [7, 11) is 0. The maximum absolute atomic E-state index is 13.6. The summed E-state index contributed by atoms with van der Waals surface area (Å²) < 4.78 is 15.2. The normalized spacial score (nSPS) is 13.1. The third-order valence-electron chi connectivity index (χ3n) is 4.93. The van der Waals surface area contributed by atoms with Crippen LogP contribution in [0.5, 0.6) is 0 Å². The van der Waals surface area contributed by atoms with Gasteiger partial charge in [-0.2, -0.15) is 5.10 Å². The van der Waals surface area contributed by atoms with Gasteiger partial charge in [0.05, 0.1) is 27.7 Å². The number of carbonyl (C=O) groups is 1. The molecule has 0 radical (unpaired) electrons. The van der Waals surface area contributed by atoms with Gasteiger partial charge in [-0.15, -0.1) is 0 Å². The minimum Gasteiger partial charge on any atom is -0.478 e. The van der Waals surface area contributed by atoms with E-state index in [0.29, 0.717) is 29.9 Å². The fourth-order valence-corrected chi connectivity index (χ4v) is 3.69. The number of halogens is 2. The Kier molecular flexibility index (Phi) is 7.46. The van der Waals surface area contributed by atoms with E-state index in [9.17, 15) is 19.4 Å². The summed E-state index contributed by atoms with van der Waals surface area (Å²) in [6.07, 6.45) is 2.89. The van der Waals surface area contributed by atoms with E-state index in [1.165, 1.54) is 12.1 Å². The summed E-state index contributed by atoms with van der Waals surface area (Å²) in [5.74, 6) is -1.45. The molecule has 29 heavy (non-hydrogen) atoms. The number of aromatic carboxylic acids is 1. The molecule has 0 saturated carbocycles. The van der Waals surface area contributed by atoms with Crippen LogP contribution in [0.3, 0.4) is 0 Å². The van der Waals surface area contributed by atoms with Crippen molar-refractivity contribution in [1.29, 1.82) is 0 Å². The highest BCUT2D eigenvalue weighted by Crippen LogP contribution is 2.30. The van der Waals surface area contributed by atoms with Gasteiger partial charge in [0.1, 0.15) is 11.4 Å². The van der Waals surface area contributed by atoms with Gasteiger partial charge >= 0.3 is 5.97 Å². The standard InChI is InChI=1S/C22H30ClFN2O3/c1-13(2)20-19(21(27)28)18(11-14(3)7-6-10-22(4,5)29)25-26(20)15-8-9-17(24)16(23)12-15/h8-9,12-14,29H,6-7,10-11H2,1-5H3,(H,27,28). The second-order valence-corrected chi connectivity index (χ2v) is 9.10. The lowest BCUT2D eigenvalue weighted by Gasteiger charge is -2.18. The molecule has 1 heterocycles. The van der Waals surface area contributed by atoms with Crippen LogP contribution in [0, 0.1) is 11.7 Å². The number of carboxylic acid groups (broad SMARTS) is 1. The lowest BCUT2D eigenvalue weighted by atomic mass is 9.92. The quantitative estimate of drug-likeness (QED) is 0.548. The molecule has 5 nitrogen and oxygen atoms in total. The molecular weight excluding hydrogens is 395 g/mol. The number of rotatable bonds is 9. The van der Waals surface area contributed by atoms with E-state index in [-0.39, 0.29) is 22.4 Å². The van der Waals surface area contributed by atoms with Crippen molar-refractivity contribution in [2.75, 3.05) is 0 Å². The summed E-state index contributed by atoms with van der Waals surface area (Å²) in [6, 6.07) is 4.25. The summed E-state index contributed by atoms with van der Waals surface area (Å²) in [6.45, 7) is 9.43. The number of aliphatic hydroxyl groups is 1. The molecule has 1 aromatic heterocycles. The van der Waals surface area contributed by atoms with Crippen LogP contribution in [0.25, 0.3) is 5.69 Å². The zero-order valence-electron chi connectivity index (χ0n) is 17.7. The molecule has 0 aliphatic rings. The van der Waals surface area contributed by atoms with Crippen molar-refractivity contribution in [3.63, 3.8) is 0 Å². The van der Waals surface area contributed by atoms with E-state index in [4.69, 9.17) is 11.6 Å². The van der Waals surface area contributed by atoms with Crippen molar-refractivity contribution in [1.82, 2.24) is 9.78 Å². The molecule has 1 atom stereocenters. The van der Waals surface area contributed by atoms with Crippen molar-refractivity contribution in [2.24, 2.45) is 5.92 Å². The van der Waals surface area contributed by atoms with Gasteiger partial charge in [-0.05, 0) is 56.7 Å². The minimum absolute atomic E-state index is 0.0360. The lowest BCUT2D eigenvalue weighted by Crippen LogP contribution is -2.18. The number of carboxylic acids is 1. The first-order valence-corrected chi connectivity index (χ1v) is 10.3. The first-order valence-electron chi connectivity index (χ1n) is 9.93. The van der Waals surface area contributed by atoms with E-state index in [2.05, 4.69) is 12.0 Å². The molecule has 160 valence electrons. The molecule has 1 aromatic carbocycles. The third-order valence-corrected chi connectivity index (χ3v) is 5.22. The third kappa shape index (κ3) is 6.03. The predicted molar refractivity (Wildman–Crippen MR) is 113 cm³/mol. The molecule has 0 bridgehead atoms. The summed E-state index contributed by atoms with van der Waals surface area (Å²) >= 11 is 5.93. The maximum atomic E-state index is 13.6. The van der Waals surface area contributed by atoms with Gasteiger partial charge in [-0.3, -0.25) is 0 Å². The van der Waals surface area contributed by atoms with Crippen molar-refractivity contribution in [2.45, 2.75) is 71.8 Å². The van der Waals surface area contributed by atoms with Crippen LogP contribution < -0.4 is 0 Å². The van der Waals surface area contributed by atoms with Gasteiger partial charge in [-0.25, -0.2) is 13.9 Å². The molecule has 0 fully saturated rings. The Bertz CT molecular complexity index is 872. The highest BCUT2D eigenvalue weighted by Gasteiger charge is 2.27. The molecule has 0 spiro atoms. The Morgan fingerprint density at radius 3 is 2.48 bits per heavy atom. The molecular formula is C22H30ClFN2O3. The van der Waals surface area contributed by atoms with Crippen LogP contribution in [-0.4, -0.2) is 31.6 Å². The first kappa shape index (κ1) is 23.4. The zero-order chi connectivity index (χ0) is 21.9. The Balaban J connectivity index is 2.39. The number of hydrogen-bond donors (Lipinski definition) is 2. The molecule has 2 aromatic rings. The number of hydrogen-bond acceptors (Lipinski definition) is 3. The fourth-order valence-electron chi connectivity index (χ4n) is 3.52. The van der Waals surface area contributed by atoms with Gasteiger partial charge in [0.25, 0.3) is 0 Å². The largest absolute Gasteiger partial charge is 0.478 e. The Morgan fingerprint density at radius 1 is 1.31 bits per heavy atom. The number of benzene rings is 1. The van der Waals surface area contributed by atoms with Crippen molar-refractivity contribution in [3.05, 3.63) is 46.0 Å². The zero-order valence-corrected chi connectivity index (χ0v) is 18.4. The average Bonchev–Trinajstić information content (AvgIpc) is 2.95. The molecule has 0 saturated heterocycles. The Morgan fingerprint density at radius 2 is 1.97 bits per heavy atom. The fraction of sp³-hybridized carbons (Fsp3) is 0.545. The van der Waals surface area contributed by atoms with Crippen LogP contribution in [-0.2, 0) is 6.42 Å². The monoisotopic (exact) mass is 424 g/mol. The minimum atomic E-state index is -1.02. The van der Waals surface area contributed by atoms with Gasteiger partial charge < -0.3 is 10.2 Å². The second kappa shape index (κ2) is 9.26. The van der Waals surface area contributed by atoms with Gasteiger partial charge in [0.15, 0.2) is 0 Å². The van der Waals surface area contributed by atoms with Gasteiger partial charge in [0, 0.05) is 0 Å². The van der Waals surface area contributed by atoms with E-state index < -0.39 is 17.4 Å². The maximum Gasteiger partial charge on any atom is 0.339 e. The van der Waals surface area contributed by atoms with Crippen LogP contribution in [0.1, 0.15) is 81.5 Å². The van der Waals surface area contributed by atoms with Crippen LogP contribution in [0.4, 0.5) is 4.39 Å². The Hall–Kier alpha value is -1.92. The first-order chi connectivity index (χ1) is 13.4. The smallest absolute Gasteiger partial charge is 0.339 e. The molecule has 0 aliphatic carbocycles.